The summed E-state index contributed by atoms with van der Waals surface area (Å²) in [7, 11) is 0. The number of ether oxygens (including phenoxy) is 1. The number of esters is 1. The van der Waals surface area contributed by atoms with E-state index in [1.54, 1.807) is 18.2 Å². The van der Waals surface area contributed by atoms with Gasteiger partial charge >= 0.3 is 5.97 Å². The number of anilines is 1. The summed E-state index contributed by atoms with van der Waals surface area (Å²) >= 11 is 5.87. The van der Waals surface area contributed by atoms with Crippen LogP contribution in [0.3, 0.4) is 0 Å². The molecule has 10 heteroatoms. The smallest absolute Gasteiger partial charge is 0.374 e. The molecule has 0 unspecified atom stereocenters. The van der Waals surface area contributed by atoms with Gasteiger partial charge in [-0.05, 0) is 18.2 Å². The van der Waals surface area contributed by atoms with Crippen molar-refractivity contribution in [2.45, 2.75) is 0 Å². The zero-order valence-electron chi connectivity index (χ0n) is 14.0. The van der Waals surface area contributed by atoms with Crippen LogP contribution in [-0.2, 0) is 9.53 Å². The molecule has 9 nitrogen and oxygen atoms in total. The van der Waals surface area contributed by atoms with Crippen LogP contribution in [0, 0.1) is 10.1 Å². The third kappa shape index (κ3) is 4.15. The van der Waals surface area contributed by atoms with Crippen LogP contribution in [0.4, 0.5) is 11.4 Å². The molecule has 28 heavy (non-hydrogen) atoms. The first-order valence-electron chi connectivity index (χ1n) is 7.79. The van der Waals surface area contributed by atoms with Gasteiger partial charge in [-0.15, -0.1) is 0 Å². The molecular formula is C18H11ClN2O7. The number of amides is 1. The van der Waals surface area contributed by atoms with Crippen molar-refractivity contribution < 1.29 is 23.7 Å². The van der Waals surface area contributed by atoms with Gasteiger partial charge in [-0.3, -0.25) is 19.7 Å². The highest BCUT2D eigenvalue weighted by atomic mass is 35.5. The van der Waals surface area contributed by atoms with E-state index in [-0.39, 0.29) is 27.7 Å². The molecular weight excluding hydrogens is 392 g/mol. The second kappa shape index (κ2) is 7.89. The molecule has 2 aromatic carbocycles. The van der Waals surface area contributed by atoms with E-state index in [4.69, 9.17) is 20.8 Å². The van der Waals surface area contributed by atoms with Crippen LogP contribution in [0.2, 0.25) is 5.02 Å². The Morgan fingerprint density at radius 2 is 1.93 bits per heavy atom. The number of nitro benzene ring substituents is 1. The lowest BCUT2D eigenvalue weighted by atomic mass is 10.2. The summed E-state index contributed by atoms with van der Waals surface area (Å²) in [4.78, 5) is 46.0. The van der Waals surface area contributed by atoms with Gasteiger partial charge in [0.05, 0.1) is 21.0 Å². The lowest BCUT2D eigenvalue weighted by Gasteiger charge is -2.08. The third-order valence-electron chi connectivity index (χ3n) is 3.61. The van der Waals surface area contributed by atoms with Crippen molar-refractivity contribution in [3.8, 4) is 0 Å². The average molecular weight is 403 g/mol. The lowest BCUT2D eigenvalue weighted by Crippen LogP contribution is -2.21. The second-order valence-corrected chi connectivity index (χ2v) is 5.92. The minimum absolute atomic E-state index is 0.0468. The normalized spacial score (nSPS) is 10.5. The van der Waals surface area contributed by atoms with E-state index in [1.807, 2.05) is 0 Å². The summed E-state index contributed by atoms with van der Waals surface area (Å²) in [6.07, 6.45) is 0. The molecule has 3 aromatic rings. The topological polar surface area (TPSA) is 129 Å². The van der Waals surface area contributed by atoms with Crippen molar-refractivity contribution in [2.24, 2.45) is 0 Å². The van der Waals surface area contributed by atoms with Gasteiger partial charge in [-0.2, -0.15) is 0 Å². The predicted molar refractivity (Wildman–Crippen MR) is 99.5 cm³/mol. The molecule has 0 aliphatic rings. The van der Waals surface area contributed by atoms with Crippen LogP contribution in [0.25, 0.3) is 11.0 Å². The van der Waals surface area contributed by atoms with Crippen molar-refractivity contribution in [2.75, 3.05) is 11.9 Å². The van der Waals surface area contributed by atoms with Crippen LogP contribution >= 0.6 is 11.6 Å². The Morgan fingerprint density at radius 3 is 2.64 bits per heavy atom. The second-order valence-electron chi connectivity index (χ2n) is 5.52. The number of rotatable bonds is 5. The zero-order valence-corrected chi connectivity index (χ0v) is 14.8. The molecule has 3 rings (SSSR count). The van der Waals surface area contributed by atoms with Crippen LogP contribution < -0.4 is 10.7 Å². The number of non-ortho nitro benzene ring substituents is 1. The van der Waals surface area contributed by atoms with Gasteiger partial charge in [0.15, 0.2) is 12.0 Å². The maximum absolute atomic E-state index is 12.0. The van der Waals surface area contributed by atoms with Crippen molar-refractivity contribution in [1.82, 2.24) is 0 Å². The van der Waals surface area contributed by atoms with E-state index in [0.29, 0.717) is 5.39 Å². The van der Waals surface area contributed by atoms with Gasteiger partial charge in [0.2, 0.25) is 5.76 Å². The van der Waals surface area contributed by atoms with Gasteiger partial charge in [0.1, 0.15) is 5.58 Å². The van der Waals surface area contributed by atoms with Crippen LogP contribution in [0.15, 0.2) is 57.7 Å². The number of carbonyl (C=O) groups excluding carboxylic acids is 2. The Morgan fingerprint density at radius 1 is 1.18 bits per heavy atom. The van der Waals surface area contributed by atoms with E-state index in [0.717, 1.165) is 18.2 Å². The third-order valence-corrected chi connectivity index (χ3v) is 3.92. The number of hydrogen-bond donors (Lipinski definition) is 1. The average Bonchev–Trinajstić information content (AvgIpc) is 2.67. The summed E-state index contributed by atoms with van der Waals surface area (Å²) < 4.78 is 10.2. The monoisotopic (exact) mass is 402 g/mol. The maximum atomic E-state index is 12.0. The Kier molecular flexibility index (Phi) is 5.37. The highest BCUT2D eigenvalue weighted by Crippen LogP contribution is 2.26. The fraction of sp³-hybridized carbons (Fsp3) is 0.0556. The minimum Gasteiger partial charge on any atom is -0.450 e. The number of fused-ring (bicyclic) bond motifs is 1. The number of halogens is 1. The van der Waals surface area contributed by atoms with Gasteiger partial charge < -0.3 is 14.5 Å². The van der Waals surface area contributed by atoms with E-state index in [1.165, 1.54) is 12.1 Å². The number of nitro groups is 1. The summed E-state index contributed by atoms with van der Waals surface area (Å²) in [5.74, 6) is -2.06. The highest BCUT2D eigenvalue weighted by Gasteiger charge is 2.16. The Bertz CT molecular complexity index is 1160. The first kappa shape index (κ1) is 19.1. The zero-order chi connectivity index (χ0) is 20.3. The van der Waals surface area contributed by atoms with Gasteiger partial charge in [0, 0.05) is 18.2 Å². The summed E-state index contributed by atoms with van der Waals surface area (Å²) in [5.41, 5.74) is -0.328. The van der Waals surface area contributed by atoms with E-state index in [2.05, 4.69) is 5.32 Å². The molecule has 0 atom stereocenters. The SMILES string of the molecule is O=C(COC(=O)c1cc(=O)c2ccccc2o1)Nc1ccc([N+](=O)[O-])cc1Cl. The Balaban J connectivity index is 1.65. The highest BCUT2D eigenvalue weighted by molar-refractivity contribution is 6.34. The summed E-state index contributed by atoms with van der Waals surface area (Å²) in [5, 5.41) is 13.3. The van der Waals surface area contributed by atoms with E-state index >= 15 is 0 Å². The number of nitrogens with zero attached hydrogens (tertiary/aromatic N) is 1. The maximum Gasteiger partial charge on any atom is 0.374 e. The van der Waals surface area contributed by atoms with E-state index in [9.17, 15) is 24.5 Å². The van der Waals surface area contributed by atoms with Crippen molar-refractivity contribution in [3.05, 3.63) is 79.7 Å². The quantitative estimate of drug-likeness (QED) is 0.394. The molecule has 1 heterocycles. The fourth-order valence-electron chi connectivity index (χ4n) is 2.31. The first-order valence-corrected chi connectivity index (χ1v) is 8.17. The molecule has 1 aromatic heterocycles. The molecule has 0 spiro atoms. The molecule has 142 valence electrons. The number of nitrogens with one attached hydrogen (secondary N) is 1. The molecule has 0 aliphatic heterocycles. The predicted octanol–water partition coefficient (Wildman–Crippen LogP) is 3.15. The van der Waals surface area contributed by atoms with Crippen molar-refractivity contribution in [1.29, 1.82) is 0 Å². The Hall–Kier alpha value is -3.72. The molecule has 0 fully saturated rings. The number of para-hydroxylation sites is 1. The molecule has 1 amide bonds. The largest absolute Gasteiger partial charge is 0.450 e. The molecule has 0 saturated heterocycles. The molecule has 0 radical (unpaired) electrons. The van der Waals surface area contributed by atoms with Gasteiger partial charge in [-0.25, -0.2) is 4.79 Å². The fourth-order valence-corrected chi connectivity index (χ4v) is 2.53. The minimum atomic E-state index is -0.993. The van der Waals surface area contributed by atoms with Crippen LogP contribution in [0.5, 0.6) is 0 Å². The lowest BCUT2D eigenvalue weighted by molar-refractivity contribution is -0.384. The van der Waals surface area contributed by atoms with Crippen LogP contribution in [-0.4, -0.2) is 23.4 Å². The molecule has 0 bridgehead atoms. The number of carbonyl (C=O) groups is 2. The molecule has 0 saturated carbocycles. The summed E-state index contributed by atoms with van der Waals surface area (Å²) in [6.45, 7) is -0.678. The van der Waals surface area contributed by atoms with Gasteiger partial charge in [-0.1, -0.05) is 23.7 Å². The van der Waals surface area contributed by atoms with Gasteiger partial charge in [0.25, 0.3) is 11.6 Å². The number of benzene rings is 2. The number of hydrogen-bond acceptors (Lipinski definition) is 7. The molecule has 1 N–H and O–H groups in total. The summed E-state index contributed by atoms with van der Waals surface area (Å²) in [6, 6.07) is 10.9. The first-order chi connectivity index (χ1) is 13.3. The van der Waals surface area contributed by atoms with Crippen molar-refractivity contribution in [3.63, 3.8) is 0 Å². The standard InChI is InChI=1S/C18H11ClN2O7/c19-12-7-10(21(25)26)5-6-13(12)20-17(23)9-27-18(24)16-8-14(22)11-3-1-2-4-15(11)28-16/h1-8H,9H2,(H,20,23). The Labute approximate surface area is 161 Å². The molecule has 0 aliphatic carbocycles. The van der Waals surface area contributed by atoms with E-state index < -0.39 is 28.8 Å². The van der Waals surface area contributed by atoms with Crippen molar-refractivity contribution >= 4 is 45.8 Å². The van der Waals surface area contributed by atoms with Crippen LogP contribution in [0.1, 0.15) is 10.6 Å².